The lowest BCUT2D eigenvalue weighted by atomic mass is 10.1. The molecule has 0 radical (unpaired) electrons. The van der Waals surface area contributed by atoms with Crippen molar-refractivity contribution in [3.63, 3.8) is 0 Å². The van der Waals surface area contributed by atoms with Crippen molar-refractivity contribution in [3.05, 3.63) is 72.9 Å². The number of aliphatic hydroxyl groups is 2. The predicted octanol–water partition coefficient (Wildman–Crippen LogP) is 10.1. The van der Waals surface area contributed by atoms with E-state index in [1.165, 1.54) is 19.3 Å². The van der Waals surface area contributed by atoms with Crippen molar-refractivity contribution in [1.29, 1.82) is 0 Å². The number of aliphatic hydroxyl groups excluding tert-OH is 2. The number of esters is 2. The molecule has 3 atom stereocenters. The van der Waals surface area contributed by atoms with Gasteiger partial charge in [0, 0.05) is 12.8 Å². The minimum atomic E-state index is -4.63. The van der Waals surface area contributed by atoms with Gasteiger partial charge in [0.15, 0.2) is 6.10 Å². The number of rotatable bonds is 36. The monoisotopic (exact) mass is 766 g/mol. The maximum atomic E-state index is 12.6. The number of hydrogen-bond acceptors (Lipinski definition) is 9. The summed E-state index contributed by atoms with van der Waals surface area (Å²) in [5, 5.41) is 18.3. The van der Waals surface area contributed by atoms with Crippen LogP contribution in [0, 0.1) is 0 Å². The molecule has 0 rings (SSSR count). The van der Waals surface area contributed by atoms with Gasteiger partial charge in [-0.3, -0.25) is 18.6 Å². The van der Waals surface area contributed by atoms with Crippen LogP contribution in [-0.4, -0.2) is 65.7 Å². The van der Waals surface area contributed by atoms with Gasteiger partial charge in [-0.25, -0.2) is 4.57 Å². The Morgan fingerprint density at radius 3 is 1.60 bits per heavy atom. The highest BCUT2D eigenvalue weighted by molar-refractivity contribution is 7.47. The van der Waals surface area contributed by atoms with Crippen molar-refractivity contribution in [2.24, 2.45) is 0 Å². The number of phosphoric ester groups is 1. The molecule has 53 heavy (non-hydrogen) atoms. The molecule has 0 aromatic rings. The van der Waals surface area contributed by atoms with Crippen molar-refractivity contribution >= 4 is 19.8 Å². The molecular weight excluding hydrogens is 695 g/mol. The number of phosphoric acid groups is 1. The van der Waals surface area contributed by atoms with Crippen LogP contribution in [0.4, 0.5) is 0 Å². The number of unbranched alkanes of at least 4 members (excludes halogenated alkanes) is 10. The molecule has 0 aliphatic carbocycles. The first-order chi connectivity index (χ1) is 25.7. The molecule has 0 heterocycles. The first-order valence-corrected chi connectivity index (χ1v) is 21.4. The summed E-state index contributed by atoms with van der Waals surface area (Å²) in [4.78, 5) is 34.9. The Kier molecular flexibility index (Phi) is 35.9. The van der Waals surface area contributed by atoms with Gasteiger partial charge >= 0.3 is 19.8 Å². The topological polar surface area (TPSA) is 149 Å². The summed E-state index contributed by atoms with van der Waals surface area (Å²) >= 11 is 0. The minimum absolute atomic E-state index is 0.152. The molecule has 304 valence electrons. The zero-order valence-corrected chi connectivity index (χ0v) is 33.6. The smallest absolute Gasteiger partial charge is 0.462 e. The van der Waals surface area contributed by atoms with Crippen molar-refractivity contribution in [2.45, 2.75) is 154 Å². The van der Waals surface area contributed by atoms with Gasteiger partial charge in [-0.05, 0) is 83.5 Å². The fraction of sp³-hybridized carbons (Fsp3) is 0.667. The Labute approximate surface area is 320 Å². The minimum Gasteiger partial charge on any atom is -0.462 e. The SMILES string of the molecule is CCC=CCC=CCC=CCCCCCCCC(=O)O[C@H](COC(=O)CCCCC=CCC=CCC=CCCCCC)COP(=O)(O)OC[C@@H](O)CO. The second kappa shape index (κ2) is 37.7. The Bertz CT molecular complexity index is 1110. The van der Waals surface area contributed by atoms with E-state index in [1.807, 2.05) is 0 Å². The quantitative estimate of drug-likeness (QED) is 0.0243. The molecule has 0 saturated carbocycles. The van der Waals surface area contributed by atoms with E-state index in [0.717, 1.165) is 83.5 Å². The van der Waals surface area contributed by atoms with E-state index in [4.69, 9.17) is 19.1 Å². The molecule has 0 aliphatic rings. The van der Waals surface area contributed by atoms with Crippen LogP contribution in [0.5, 0.6) is 0 Å². The molecule has 0 aromatic carbocycles. The number of ether oxygens (including phenoxy) is 2. The third-order valence-electron chi connectivity index (χ3n) is 7.84. The van der Waals surface area contributed by atoms with E-state index in [9.17, 15) is 24.2 Å². The second-order valence-electron chi connectivity index (χ2n) is 12.9. The molecular formula is C42H71O10P. The summed E-state index contributed by atoms with van der Waals surface area (Å²) in [6, 6.07) is 0. The van der Waals surface area contributed by atoms with Gasteiger partial charge < -0.3 is 24.6 Å². The van der Waals surface area contributed by atoms with Crippen LogP contribution in [0.2, 0.25) is 0 Å². The average Bonchev–Trinajstić information content (AvgIpc) is 3.14. The summed E-state index contributed by atoms with van der Waals surface area (Å²) in [5.41, 5.74) is 0. The van der Waals surface area contributed by atoms with Crippen LogP contribution >= 0.6 is 7.82 Å². The van der Waals surface area contributed by atoms with Crippen molar-refractivity contribution in [1.82, 2.24) is 0 Å². The van der Waals surface area contributed by atoms with Crippen LogP contribution in [0.3, 0.4) is 0 Å². The normalized spacial score (nSPS) is 14.7. The number of allylic oxidation sites excluding steroid dienone is 12. The summed E-state index contributed by atoms with van der Waals surface area (Å²) in [5.74, 6) is -0.998. The zero-order chi connectivity index (χ0) is 39.1. The molecule has 0 spiro atoms. The molecule has 3 N–H and O–H groups in total. The lowest BCUT2D eigenvalue weighted by molar-refractivity contribution is -0.161. The standard InChI is InChI=1S/C42H71O10P/c1-3-5-7-9-11-13-15-17-19-21-23-25-27-29-31-33-41(45)49-37-40(38-51-53(47,48)50-36-39(44)35-43)52-42(46)34-32-30-28-26-24-22-20-18-16-14-12-10-8-6-4-2/h6,8,11-14,17-20,23,25,39-40,43-44H,3-5,7,9-10,15-16,21-22,24,26-38H2,1-2H3,(H,47,48)/t39-,40+/m0/s1. The molecule has 11 heteroatoms. The molecule has 10 nitrogen and oxygen atoms in total. The van der Waals surface area contributed by atoms with Gasteiger partial charge in [-0.1, -0.05) is 119 Å². The average molecular weight is 767 g/mol. The van der Waals surface area contributed by atoms with Crippen LogP contribution in [0.15, 0.2) is 72.9 Å². The highest BCUT2D eigenvalue weighted by Gasteiger charge is 2.27. The van der Waals surface area contributed by atoms with Crippen molar-refractivity contribution in [2.75, 3.05) is 26.4 Å². The van der Waals surface area contributed by atoms with Gasteiger partial charge in [-0.15, -0.1) is 0 Å². The van der Waals surface area contributed by atoms with Gasteiger partial charge in [-0.2, -0.15) is 0 Å². The Hall–Kier alpha value is -2.59. The summed E-state index contributed by atoms with van der Waals surface area (Å²) in [6.45, 7) is 2.14. The van der Waals surface area contributed by atoms with Crippen molar-refractivity contribution < 1.29 is 47.8 Å². The van der Waals surface area contributed by atoms with E-state index < -0.39 is 51.8 Å². The molecule has 0 amide bonds. The van der Waals surface area contributed by atoms with E-state index in [2.05, 4.69) is 91.3 Å². The molecule has 0 saturated heterocycles. The molecule has 0 aliphatic heterocycles. The maximum Gasteiger partial charge on any atom is 0.472 e. The van der Waals surface area contributed by atoms with E-state index in [0.29, 0.717) is 12.8 Å². The van der Waals surface area contributed by atoms with E-state index in [1.54, 1.807) is 0 Å². The molecule has 0 fully saturated rings. The fourth-order valence-electron chi connectivity index (χ4n) is 4.78. The number of hydrogen-bond donors (Lipinski definition) is 3. The molecule has 0 aromatic heterocycles. The van der Waals surface area contributed by atoms with Gasteiger partial charge in [0.25, 0.3) is 0 Å². The van der Waals surface area contributed by atoms with E-state index >= 15 is 0 Å². The summed E-state index contributed by atoms with van der Waals surface area (Å²) in [6.07, 6.45) is 41.6. The van der Waals surface area contributed by atoms with Crippen LogP contribution < -0.4 is 0 Å². The van der Waals surface area contributed by atoms with Gasteiger partial charge in [0.05, 0.1) is 19.8 Å². The largest absolute Gasteiger partial charge is 0.472 e. The van der Waals surface area contributed by atoms with E-state index in [-0.39, 0.29) is 19.4 Å². The van der Waals surface area contributed by atoms with Crippen molar-refractivity contribution in [3.8, 4) is 0 Å². The second-order valence-corrected chi connectivity index (χ2v) is 14.4. The third-order valence-corrected chi connectivity index (χ3v) is 8.80. The Morgan fingerprint density at radius 2 is 1.04 bits per heavy atom. The third kappa shape index (κ3) is 37.5. The molecule has 0 bridgehead atoms. The Morgan fingerprint density at radius 1 is 0.585 bits per heavy atom. The summed E-state index contributed by atoms with van der Waals surface area (Å²) in [7, 11) is -4.63. The highest BCUT2D eigenvalue weighted by atomic mass is 31.2. The van der Waals surface area contributed by atoms with Gasteiger partial charge in [0.1, 0.15) is 12.7 Å². The fourth-order valence-corrected chi connectivity index (χ4v) is 5.57. The van der Waals surface area contributed by atoms with Crippen LogP contribution in [-0.2, 0) is 32.7 Å². The van der Waals surface area contributed by atoms with Crippen LogP contribution in [0.1, 0.15) is 142 Å². The lowest BCUT2D eigenvalue weighted by Crippen LogP contribution is -2.29. The first-order valence-electron chi connectivity index (χ1n) is 19.9. The predicted molar refractivity (Wildman–Crippen MR) is 214 cm³/mol. The van der Waals surface area contributed by atoms with Gasteiger partial charge in [0.2, 0.25) is 0 Å². The maximum absolute atomic E-state index is 12.6. The highest BCUT2D eigenvalue weighted by Crippen LogP contribution is 2.43. The summed E-state index contributed by atoms with van der Waals surface area (Å²) < 4.78 is 32.6. The zero-order valence-electron chi connectivity index (χ0n) is 32.7. The number of carbonyl (C=O) groups excluding carboxylic acids is 2. The number of carbonyl (C=O) groups is 2. The lowest BCUT2D eigenvalue weighted by Gasteiger charge is -2.20. The van der Waals surface area contributed by atoms with Crippen LogP contribution in [0.25, 0.3) is 0 Å². The molecule has 1 unspecified atom stereocenters. The Balaban J connectivity index is 4.46. The first kappa shape index (κ1) is 50.4.